The largest absolute Gasteiger partial charge is 0.377 e. The molecule has 7 heterocycles. The summed E-state index contributed by atoms with van der Waals surface area (Å²) in [5, 5.41) is 13.6. The van der Waals surface area contributed by atoms with E-state index < -0.39 is 30.0 Å². The minimum absolute atomic E-state index is 0.0161. The lowest BCUT2D eigenvalue weighted by Crippen LogP contribution is -2.47. The fourth-order valence-electron chi connectivity index (χ4n) is 9.49. The Balaban J connectivity index is 0.791. The van der Waals surface area contributed by atoms with Gasteiger partial charge in [0.25, 0.3) is 12.3 Å². The van der Waals surface area contributed by atoms with E-state index in [1.807, 2.05) is 31.2 Å². The van der Waals surface area contributed by atoms with Crippen LogP contribution in [0.2, 0.25) is 0 Å². The number of alkyl halides is 2. The van der Waals surface area contributed by atoms with Gasteiger partial charge in [-0.05, 0) is 62.6 Å². The molecule has 4 aromatic heterocycles. The highest BCUT2D eigenvalue weighted by atomic mass is 19.3. The molecule has 19 heteroatoms. The number of piperazine rings is 1. The number of fused-ring (bicyclic) bond motifs is 2. The quantitative estimate of drug-likeness (QED) is 0.198. The summed E-state index contributed by atoms with van der Waals surface area (Å²) in [5.74, 6) is -0.182. The topological polar surface area (TPSA) is 169 Å². The Bertz CT molecular complexity index is 2480. The molecule has 60 heavy (non-hydrogen) atoms. The molecule has 1 saturated carbocycles. The first-order chi connectivity index (χ1) is 29.0. The molecular weight excluding hydrogens is 779 g/mol. The molecule has 5 aromatic rings. The number of piperidine rings is 1. The van der Waals surface area contributed by atoms with E-state index in [0.717, 1.165) is 69.5 Å². The van der Waals surface area contributed by atoms with Crippen molar-refractivity contribution in [3.05, 3.63) is 70.2 Å². The summed E-state index contributed by atoms with van der Waals surface area (Å²) in [4.78, 5) is 63.1. The van der Waals surface area contributed by atoms with Crippen LogP contribution in [0.5, 0.6) is 0 Å². The number of hydrogen-bond donors (Lipinski definition) is 2. The molecule has 4 aliphatic rings. The van der Waals surface area contributed by atoms with Gasteiger partial charge in [-0.15, -0.1) is 0 Å². The molecule has 17 nitrogen and oxygen atoms in total. The third-order valence-corrected chi connectivity index (χ3v) is 12.8. The summed E-state index contributed by atoms with van der Waals surface area (Å²) in [5.41, 5.74) is 2.28. The van der Waals surface area contributed by atoms with Crippen LogP contribution in [0, 0.1) is 5.92 Å². The number of nitrogens with one attached hydrogen (secondary N) is 2. The molecule has 3 saturated heterocycles. The number of imidazole rings is 1. The molecule has 3 amide bonds. The maximum absolute atomic E-state index is 14.3. The molecule has 9 rings (SSSR count). The Morgan fingerprint density at radius 1 is 1.02 bits per heavy atom. The smallest absolute Gasteiger partial charge is 0.329 e. The number of halogens is 2. The van der Waals surface area contributed by atoms with Gasteiger partial charge in [0.1, 0.15) is 17.4 Å². The number of para-hydroxylation sites is 1. The first-order valence-electron chi connectivity index (χ1n) is 20.9. The van der Waals surface area contributed by atoms with Crippen LogP contribution in [0.1, 0.15) is 85.6 Å². The van der Waals surface area contributed by atoms with Crippen molar-refractivity contribution in [1.82, 2.24) is 48.6 Å². The molecule has 0 radical (unpaired) electrons. The van der Waals surface area contributed by atoms with E-state index in [1.165, 1.54) is 21.5 Å². The van der Waals surface area contributed by atoms with Crippen molar-refractivity contribution in [1.29, 1.82) is 0 Å². The standard InChI is InChI=1S/C41H50F2N12O5/c1-25-24-60-19-18-52(25)33-12-13-53-38(46-33)29(20-44-53)39(57)45-30-23-54(48-35(30)37(42)43)28-8-6-26(7-9-28)21-50-14-16-51(17-15-50)22-27-4-3-5-31-36(27)49(2)41(59)55(31)32-10-11-34(56)47-40(32)58/h3-5,12-13,20,23,25-26,28,32,37H,6-11,14-19,21-22,24H2,1-2H3,(H,45,57)(H,47,56,58)/t25-,26?,28?,32+/m1/s1. The molecule has 0 spiro atoms. The number of aryl methyl sites for hydroxylation is 1. The summed E-state index contributed by atoms with van der Waals surface area (Å²) in [6.07, 6.45) is 5.76. The van der Waals surface area contributed by atoms with Gasteiger partial charge < -0.3 is 19.9 Å². The zero-order chi connectivity index (χ0) is 41.7. The number of imide groups is 1. The van der Waals surface area contributed by atoms with Crippen LogP contribution < -0.4 is 21.2 Å². The molecule has 318 valence electrons. The first-order valence-corrected chi connectivity index (χ1v) is 20.9. The van der Waals surface area contributed by atoms with Gasteiger partial charge in [-0.3, -0.25) is 38.4 Å². The van der Waals surface area contributed by atoms with E-state index in [0.29, 0.717) is 55.6 Å². The van der Waals surface area contributed by atoms with Crippen LogP contribution in [0.25, 0.3) is 16.7 Å². The number of benzene rings is 1. The minimum Gasteiger partial charge on any atom is -0.377 e. The van der Waals surface area contributed by atoms with Crippen LogP contribution in [0.3, 0.4) is 0 Å². The highest BCUT2D eigenvalue weighted by Crippen LogP contribution is 2.36. The third-order valence-electron chi connectivity index (χ3n) is 12.8. The van der Waals surface area contributed by atoms with Crippen molar-refractivity contribution < 1.29 is 27.9 Å². The van der Waals surface area contributed by atoms with E-state index in [9.17, 15) is 28.0 Å². The number of anilines is 2. The highest BCUT2D eigenvalue weighted by Gasteiger charge is 2.33. The van der Waals surface area contributed by atoms with Crippen LogP contribution in [-0.2, 0) is 27.9 Å². The van der Waals surface area contributed by atoms with Crippen molar-refractivity contribution in [2.24, 2.45) is 13.0 Å². The Hall–Kier alpha value is -5.53. The van der Waals surface area contributed by atoms with Crippen molar-refractivity contribution >= 4 is 45.9 Å². The maximum atomic E-state index is 14.3. The molecular formula is C41H50F2N12O5. The lowest BCUT2D eigenvalue weighted by molar-refractivity contribution is -0.135. The summed E-state index contributed by atoms with van der Waals surface area (Å²) in [6, 6.07) is 6.98. The van der Waals surface area contributed by atoms with Crippen LogP contribution >= 0.6 is 0 Å². The number of morpholine rings is 1. The van der Waals surface area contributed by atoms with Crippen molar-refractivity contribution in [2.75, 3.05) is 62.7 Å². The van der Waals surface area contributed by atoms with E-state index in [1.54, 1.807) is 22.5 Å². The maximum Gasteiger partial charge on any atom is 0.329 e. The van der Waals surface area contributed by atoms with Gasteiger partial charge >= 0.3 is 5.69 Å². The lowest BCUT2D eigenvalue weighted by Gasteiger charge is -2.38. The first kappa shape index (κ1) is 39.9. The van der Waals surface area contributed by atoms with Crippen LogP contribution in [-0.4, -0.2) is 120 Å². The van der Waals surface area contributed by atoms with Gasteiger partial charge in [-0.1, -0.05) is 12.1 Å². The average Bonchev–Trinajstić information content (AvgIpc) is 3.93. The van der Waals surface area contributed by atoms with Gasteiger partial charge in [0.15, 0.2) is 11.3 Å². The molecule has 1 aliphatic carbocycles. The van der Waals surface area contributed by atoms with Crippen LogP contribution in [0.15, 0.2) is 47.7 Å². The third kappa shape index (κ3) is 7.69. The molecule has 0 unspecified atom stereocenters. The summed E-state index contributed by atoms with van der Waals surface area (Å²) in [6.45, 7) is 9.02. The summed E-state index contributed by atoms with van der Waals surface area (Å²) >= 11 is 0. The monoisotopic (exact) mass is 828 g/mol. The van der Waals surface area contributed by atoms with Gasteiger partial charge in [-0.25, -0.2) is 23.1 Å². The highest BCUT2D eigenvalue weighted by molar-refractivity contribution is 6.08. The number of rotatable bonds is 10. The molecule has 3 aliphatic heterocycles. The van der Waals surface area contributed by atoms with Crippen LogP contribution in [0.4, 0.5) is 20.3 Å². The number of hydrogen-bond acceptors (Lipinski definition) is 11. The second-order valence-electron chi connectivity index (χ2n) is 16.6. The molecule has 1 aromatic carbocycles. The second kappa shape index (κ2) is 16.5. The Morgan fingerprint density at radius 3 is 2.55 bits per heavy atom. The van der Waals surface area contributed by atoms with E-state index in [-0.39, 0.29) is 41.4 Å². The van der Waals surface area contributed by atoms with Crippen molar-refractivity contribution in [2.45, 2.75) is 76.5 Å². The predicted octanol–water partition coefficient (Wildman–Crippen LogP) is 3.52. The normalized spacial score (nSPS) is 23.5. The Labute approximate surface area is 344 Å². The Kier molecular flexibility index (Phi) is 11.0. The number of ether oxygens (including phenoxy) is 1. The summed E-state index contributed by atoms with van der Waals surface area (Å²) < 4.78 is 40.4. The van der Waals surface area contributed by atoms with Crippen molar-refractivity contribution in [3.63, 3.8) is 0 Å². The number of carbonyl (C=O) groups is 3. The number of nitrogens with zero attached hydrogens (tertiary/aromatic N) is 10. The molecule has 4 fully saturated rings. The zero-order valence-electron chi connectivity index (χ0n) is 33.8. The summed E-state index contributed by atoms with van der Waals surface area (Å²) in [7, 11) is 1.73. The zero-order valence-corrected chi connectivity index (χ0v) is 33.8. The van der Waals surface area contributed by atoms with Crippen molar-refractivity contribution in [3.8, 4) is 0 Å². The minimum atomic E-state index is -2.87. The van der Waals surface area contributed by atoms with Gasteiger partial charge in [0.05, 0.1) is 48.2 Å². The second-order valence-corrected chi connectivity index (χ2v) is 16.6. The molecule has 0 bridgehead atoms. The molecule has 2 N–H and O–H groups in total. The number of aromatic nitrogens is 7. The van der Waals surface area contributed by atoms with Gasteiger partial charge in [0, 0.05) is 71.7 Å². The number of carbonyl (C=O) groups excluding carboxylic acids is 3. The average molecular weight is 829 g/mol. The fourth-order valence-corrected chi connectivity index (χ4v) is 9.49. The fraction of sp³-hybridized carbons (Fsp3) is 0.537. The van der Waals surface area contributed by atoms with Gasteiger partial charge in [0.2, 0.25) is 11.8 Å². The van der Waals surface area contributed by atoms with E-state index in [4.69, 9.17) is 9.72 Å². The lowest BCUT2D eigenvalue weighted by atomic mass is 9.85. The predicted molar refractivity (Wildman–Crippen MR) is 217 cm³/mol. The Morgan fingerprint density at radius 2 is 1.80 bits per heavy atom. The van der Waals surface area contributed by atoms with Gasteiger partial charge in [-0.2, -0.15) is 10.2 Å². The number of amides is 3. The van der Waals surface area contributed by atoms with E-state index in [2.05, 4.69) is 35.5 Å². The van der Waals surface area contributed by atoms with E-state index >= 15 is 0 Å². The molecule has 2 atom stereocenters. The SMILES string of the molecule is C[C@@H]1COCCN1c1ccn2ncc(C(=O)Nc3cn(C4CCC(CN5CCN(Cc6cccc7c6n(C)c(=O)n7[C@H]6CCC(=O)NC6=O)CC5)CC4)nc3C(F)F)c2n1.